The van der Waals surface area contributed by atoms with Crippen molar-refractivity contribution in [2.24, 2.45) is 0 Å². The third-order valence-electron chi connectivity index (χ3n) is 3.06. The van der Waals surface area contributed by atoms with Crippen LogP contribution in [0.4, 0.5) is 0 Å². The van der Waals surface area contributed by atoms with Gasteiger partial charge in [-0.05, 0) is 30.7 Å². The van der Waals surface area contributed by atoms with Crippen LogP contribution in [0.3, 0.4) is 0 Å². The number of fused-ring (bicyclic) bond motifs is 1. The lowest BCUT2D eigenvalue weighted by Gasteiger charge is -2.03. The van der Waals surface area contributed by atoms with Crippen LogP contribution in [0.5, 0.6) is 0 Å². The van der Waals surface area contributed by atoms with E-state index in [0.29, 0.717) is 18.6 Å². The molecule has 2 aromatic heterocycles. The summed E-state index contributed by atoms with van der Waals surface area (Å²) in [6.07, 6.45) is 3.76. The van der Waals surface area contributed by atoms with Crippen molar-refractivity contribution in [1.29, 1.82) is 0 Å². The molecule has 7 nitrogen and oxygen atoms in total. The molecule has 3 aromatic rings. The van der Waals surface area contributed by atoms with Crippen LogP contribution >= 0.6 is 0 Å². The molecule has 0 amide bonds. The molecule has 0 radical (unpaired) electrons. The van der Waals surface area contributed by atoms with Crippen LogP contribution in [0.25, 0.3) is 11.0 Å². The summed E-state index contributed by atoms with van der Waals surface area (Å²) in [4.78, 5) is 10.9. The third-order valence-corrected chi connectivity index (χ3v) is 3.06. The van der Waals surface area contributed by atoms with Crippen molar-refractivity contribution in [2.75, 3.05) is 0 Å². The molecule has 2 heterocycles. The molecule has 0 unspecified atom stereocenters. The van der Waals surface area contributed by atoms with E-state index in [1.165, 1.54) is 6.07 Å². The summed E-state index contributed by atoms with van der Waals surface area (Å²) < 4.78 is 3.59. The maximum Gasteiger partial charge on any atom is 0.335 e. The molecule has 0 atom stereocenters. The highest BCUT2D eigenvalue weighted by Crippen LogP contribution is 2.13. The molecular formula is C13H13N5O2. The van der Waals surface area contributed by atoms with Crippen LogP contribution in [0, 0.1) is 6.92 Å². The SMILES string of the molecule is Cc1cnn(CCn2nnc3cc(C(=O)O)ccc32)c1. The molecule has 20 heavy (non-hydrogen) atoms. The van der Waals surface area contributed by atoms with Gasteiger partial charge in [0.1, 0.15) is 5.52 Å². The van der Waals surface area contributed by atoms with Crippen molar-refractivity contribution in [3.63, 3.8) is 0 Å². The zero-order valence-corrected chi connectivity index (χ0v) is 10.9. The number of aryl methyl sites for hydroxylation is 3. The van der Waals surface area contributed by atoms with Crippen molar-refractivity contribution < 1.29 is 9.90 Å². The number of benzene rings is 1. The fraction of sp³-hybridized carbons (Fsp3) is 0.231. The van der Waals surface area contributed by atoms with Crippen LogP contribution in [0.2, 0.25) is 0 Å². The second-order valence-corrected chi connectivity index (χ2v) is 4.60. The normalized spacial score (nSPS) is 11.1. The maximum atomic E-state index is 10.9. The van der Waals surface area contributed by atoms with Crippen molar-refractivity contribution in [2.45, 2.75) is 20.0 Å². The van der Waals surface area contributed by atoms with E-state index in [-0.39, 0.29) is 5.56 Å². The molecule has 0 aliphatic carbocycles. The van der Waals surface area contributed by atoms with Crippen LogP contribution in [-0.4, -0.2) is 35.9 Å². The van der Waals surface area contributed by atoms with E-state index < -0.39 is 5.97 Å². The molecule has 7 heteroatoms. The smallest absolute Gasteiger partial charge is 0.335 e. The summed E-state index contributed by atoms with van der Waals surface area (Å²) in [6.45, 7) is 3.30. The van der Waals surface area contributed by atoms with Crippen LogP contribution in [0.15, 0.2) is 30.6 Å². The second kappa shape index (κ2) is 4.76. The quantitative estimate of drug-likeness (QED) is 0.773. The topological polar surface area (TPSA) is 85.8 Å². The molecule has 3 rings (SSSR count). The van der Waals surface area contributed by atoms with E-state index in [1.54, 1.807) is 23.0 Å². The van der Waals surface area contributed by atoms with Gasteiger partial charge in [0.25, 0.3) is 0 Å². The van der Waals surface area contributed by atoms with Crippen molar-refractivity contribution in [3.05, 3.63) is 41.7 Å². The van der Waals surface area contributed by atoms with Gasteiger partial charge in [0.2, 0.25) is 0 Å². The lowest BCUT2D eigenvalue weighted by atomic mass is 10.2. The predicted molar refractivity (Wildman–Crippen MR) is 71.5 cm³/mol. The minimum Gasteiger partial charge on any atom is -0.478 e. The van der Waals surface area contributed by atoms with Gasteiger partial charge in [-0.1, -0.05) is 5.21 Å². The van der Waals surface area contributed by atoms with E-state index in [4.69, 9.17) is 5.11 Å². The predicted octanol–water partition coefficient (Wildman–Crippen LogP) is 1.33. The van der Waals surface area contributed by atoms with Crippen molar-refractivity contribution in [3.8, 4) is 0 Å². The summed E-state index contributed by atoms with van der Waals surface area (Å²) in [7, 11) is 0. The van der Waals surface area contributed by atoms with E-state index in [2.05, 4.69) is 15.4 Å². The highest BCUT2D eigenvalue weighted by atomic mass is 16.4. The van der Waals surface area contributed by atoms with Gasteiger partial charge < -0.3 is 5.11 Å². The van der Waals surface area contributed by atoms with Gasteiger partial charge in [-0.2, -0.15) is 5.10 Å². The first-order chi connectivity index (χ1) is 9.63. The molecule has 0 saturated heterocycles. The molecule has 0 aliphatic heterocycles. The van der Waals surface area contributed by atoms with Gasteiger partial charge in [-0.25, -0.2) is 9.48 Å². The number of nitrogens with zero attached hydrogens (tertiary/aromatic N) is 5. The van der Waals surface area contributed by atoms with Gasteiger partial charge in [-0.15, -0.1) is 5.10 Å². The fourth-order valence-electron chi connectivity index (χ4n) is 2.06. The molecule has 1 aromatic carbocycles. The highest BCUT2D eigenvalue weighted by molar-refractivity contribution is 5.92. The minimum absolute atomic E-state index is 0.215. The molecule has 0 aliphatic rings. The zero-order valence-electron chi connectivity index (χ0n) is 10.9. The number of carbonyl (C=O) groups is 1. The minimum atomic E-state index is -0.964. The number of aromatic nitrogens is 5. The first-order valence-corrected chi connectivity index (χ1v) is 6.19. The average Bonchev–Trinajstić information content (AvgIpc) is 3.02. The van der Waals surface area contributed by atoms with Crippen LogP contribution in [-0.2, 0) is 13.1 Å². The zero-order chi connectivity index (χ0) is 14.1. The Kier molecular flexibility index (Phi) is 2.94. The Labute approximate surface area is 114 Å². The summed E-state index contributed by atoms with van der Waals surface area (Å²) in [5.41, 5.74) is 2.73. The monoisotopic (exact) mass is 271 g/mol. The maximum absolute atomic E-state index is 10.9. The van der Waals surface area contributed by atoms with Gasteiger partial charge in [0, 0.05) is 6.20 Å². The molecule has 0 fully saturated rings. The first kappa shape index (κ1) is 12.3. The Morgan fingerprint density at radius 3 is 2.90 bits per heavy atom. The standard InChI is InChI=1S/C13H13N5O2/c1-9-7-14-17(8-9)4-5-18-12-3-2-10(13(19)20)6-11(12)15-16-18/h2-3,6-8H,4-5H2,1H3,(H,19,20). The number of carboxylic acids is 1. The van der Waals surface area contributed by atoms with E-state index in [1.807, 2.05) is 17.8 Å². The average molecular weight is 271 g/mol. The number of rotatable bonds is 4. The summed E-state index contributed by atoms with van der Waals surface area (Å²) >= 11 is 0. The number of aromatic carboxylic acids is 1. The summed E-state index contributed by atoms with van der Waals surface area (Å²) in [5, 5.41) is 21.2. The third kappa shape index (κ3) is 2.25. The van der Waals surface area contributed by atoms with Crippen LogP contribution in [0.1, 0.15) is 15.9 Å². The van der Waals surface area contributed by atoms with Crippen molar-refractivity contribution in [1.82, 2.24) is 24.8 Å². The van der Waals surface area contributed by atoms with Gasteiger partial charge >= 0.3 is 5.97 Å². The first-order valence-electron chi connectivity index (χ1n) is 6.19. The molecule has 102 valence electrons. The Morgan fingerprint density at radius 1 is 1.35 bits per heavy atom. The molecule has 1 N–H and O–H groups in total. The lowest BCUT2D eigenvalue weighted by molar-refractivity contribution is 0.0697. The van der Waals surface area contributed by atoms with Gasteiger partial charge in [-0.3, -0.25) is 4.68 Å². The number of hydrogen-bond donors (Lipinski definition) is 1. The number of carboxylic acid groups (broad SMARTS) is 1. The largest absolute Gasteiger partial charge is 0.478 e. The Morgan fingerprint density at radius 2 is 2.20 bits per heavy atom. The van der Waals surface area contributed by atoms with Crippen LogP contribution < -0.4 is 0 Å². The highest BCUT2D eigenvalue weighted by Gasteiger charge is 2.09. The van der Waals surface area contributed by atoms with E-state index in [0.717, 1.165) is 11.1 Å². The Balaban J connectivity index is 1.83. The second-order valence-electron chi connectivity index (χ2n) is 4.60. The molecule has 0 bridgehead atoms. The van der Waals surface area contributed by atoms with Gasteiger partial charge in [0.15, 0.2) is 0 Å². The number of hydrogen-bond acceptors (Lipinski definition) is 4. The van der Waals surface area contributed by atoms with E-state index in [9.17, 15) is 4.79 Å². The van der Waals surface area contributed by atoms with Crippen molar-refractivity contribution >= 4 is 17.0 Å². The Hall–Kier alpha value is -2.70. The van der Waals surface area contributed by atoms with E-state index >= 15 is 0 Å². The molecule has 0 saturated carbocycles. The van der Waals surface area contributed by atoms with Gasteiger partial charge in [0.05, 0.1) is 30.4 Å². The summed E-state index contributed by atoms with van der Waals surface area (Å²) in [6, 6.07) is 4.81. The molecular weight excluding hydrogens is 258 g/mol. The Bertz CT molecular complexity index is 774. The lowest BCUT2D eigenvalue weighted by Crippen LogP contribution is -2.09. The summed E-state index contributed by atoms with van der Waals surface area (Å²) in [5.74, 6) is -0.964. The molecule has 0 spiro atoms. The fourth-order valence-corrected chi connectivity index (χ4v) is 2.06.